The van der Waals surface area contributed by atoms with Gasteiger partial charge in [-0.3, -0.25) is 0 Å². The standard InChI is InChI=1S/C39H38O2.C34H38O3/c1-25-23-29(38(4,5)27-17-15-26(16-18-27)37(2,3)28-19-21-30(40)22-20-28)24-35(36(25)41)39(6)33-13-9-7-11-31(33)32-12-8-10-14-34(32)39;1-22-20-28(21-31(32(22)36)23(2)24-8-18-30(37-7)19-9-24)34(5,6)26-12-10-25(11-13-26)33(3,4)27-14-16-29(35)17-15-27/h7-24,40-41H,1-6H3;8-21,23,35-36H,1-7H3. The SMILES string of the molecule is COc1ccc(C(C)c2cc(C(C)(C)c3ccc(C(C)(C)c4ccc(O)cc4)cc3)cc(C)c2O)cc1.Cc1cc(C(C)(C)c2ccc(C(C)(C)c3ccc(O)cc3)cc2)cc(C2(C)c3ccccc3-c3ccccc32)c1O. The number of hydrogen-bond acceptors (Lipinski definition) is 5. The summed E-state index contributed by atoms with van der Waals surface area (Å²) in [6.45, 7) is 26.2. The van der Waals surface area contributed by atoms with Crippen LogP contribution in [-0.4, -0.2) is 27.5 Å². The molecule has 1 aliphatic rings. The highest BCUT2D eigenvalue weighted by atomic mass is 16.5. The number of phenols is 4. The normalized spacial score (nSPS) is 13.4. The van der Waals surface area contributed by atoms with Gasteiger partial charge in [-0.25, -0.2) is 0 Å². The molecule has 0 saturated carbocycles. The summed E-state index contributed by atoms with van der Waals surface area (Å²) in [5, 5.41) is 42.0. The number of aryl methyl sites for hydroxylation is 2. The van der Waals surface area contributed by atoms with E-state index < -0.39 is 5.41 Å². The van der Waals surface area contributed by atoms with E-state index in [0.29, 0.717) is 11.5 Å². The Bertz CT molecular complexity index is 3550. The summed E-state index contributed by atoms with van der Waals surface area (Å²) < 4.78 is 5.31. The predicted molar refractivity (Wildman–Crippen MR) is 321 cm³/mol. The number of ether oxygens (including phenoxy) is 1. The lowest BCUT2D eigenvalue weighted by Crippen LogP contribution is -2.26. The number of phenolic OH excluding ortho intramolecular Hbond substituents is 4. The summed E-state index contributed by atoms with van der Waals surface area (Å²) in [5.41, 5.74) is 17.8. The maximum Gasteiger partial charge on any atom is 0.122 e. The van der Waals surface area contributed by atoms with Gasteiger partial charge in [0.25, 0.3) is 0 Å². The van der Waals surface area contributed by atoms with E-state index in [9.17, 15) is 20.4 Å². The maximum absolute atomic E-state index is 11.6. The highest BCUT2D eigenvalue weighted by Gasteiger charge is 2.43. The fourth-order valence-electron chi connectivity index (χ4n) is 11.9. The van der Waals surface area contributed by atoms with Gasteiger partial charge in [-0.1, -0.05) is 214 Å². The largest absolute Gasteiger partial charge is 0.508 e. The molecular formula is C73H76O5. The number of methoxy groups -OCH3 is 1. The molecule has 0 radical (unpaired) electrons. The molecule has 398 valence electrons. The Labute approximate surface area is 463 Å². The molecule has 0 spiro atoms. The number of fused-ring (bicyclic) bond motifs is 3. The fourth-order valence-corrected chi connectivity index (χ4v) is 11.9. The zero-order chi connectivity index (χ0) is 56.1. The molecule has 9 aromatic rings. The van der Waals surface area contributed by atoms with Crippen LogP contribution >= 0.6 is 0 Å². The minimum Gasteiger partial charge on any atom is -0.508 e. The quantitative estimate of drug-likeness (QED) is 0.0979. The lowest BCUT2D eigenvalue weighted by molar-refractivity contribution is 0.414. The van der Waals surface area contributed by atoms with Gasteiger partial charge in [-0.2, -0.15) is 0 Å². The lowest BCUT2D eigenvalue weighted by Gasteiger charge is -2.33. The summed E-state index contributed by atoms with van der Waals surface area (Å²) in [7, 11) is 1.67. The van der Waals surface area contributed by atoms with E-state index in [1.807, 2.05) is 50.2 Å². The molecule has 0 amide bonds. The van der Waals surface area contributed by atoms with Crippen molar-refractivity contribution in [2.45, 2.75) is 116 Å². The highest BCUT2D eigenvalue weighted by molar-refractivity contribution is 5.84. The van der Waals surface area contributed by atoms with Crippen LogP contribution in [0.3, 0.4) is 0 Å². The Balaban J connectivity index is 0.000000191. The minimum atomic E-state index is -0.466. The first-order chi connectivity index (χ1) is 36.9. The van der Waals surface area contributed by atoms with Gasteiger partial charge >= 0.3 is 0 Å². The first kappa shape index (κ1) is 54.8. The molecule has 0 saturated heterocycles. The van der Waals surface area contributed by atoms with Crippen molar-refractivity contribution >= 4 is 0 Å². The average molecular weight is 1030 g/mol. The zero-order valence-corrected chi connectivity index (χ0v) is 47.7. The Morgan fingerprint density at radius 2 is 0.718 bits per heavy atom. The maximum atomic E-state index is 11.6. The number of rotatable bonds is 12. The van der Waals surface area contributed by atoms with E-state index in [-0.39, 0.29) is 39.1 Å². The molecule has 1 atom stereocenters. The highest BCUT2D eigenvalue weighted by Crippen LogP contribution is 2.55. The molecule has 9 aromatic carbocycles. The van der Waals surface area contributed by atoms with Crippen molar-refractivity contribution in [1.82, 2.24) is 0 Å². The molecule has 5 nitrogen and oxygen atoms in total. The van der Waals surface area contributed by atoms with Gasteiger partial charge in [0.05, 0.1) is 7.11 Å². The van der Waals surface area contributed by atoms with E-state index in [4.69, 9.17) is 4.74 Å². The molecule has 0 aromatic heterocycles. The van der Waals surface area contributed by atoms with Crippen molar-refractivity contribution in [3.8, 4) is 39.9 Å². The first-order valence-electron chi connectivity index (χ1n) is 27.2. The van der Waals surface area contributed by atoms with Crippen molar-refractivity contribution in [1.29, 1.82) is 0 Å². The molecule has 10 rings (SSSR count). The van der Waals surface area contributed by atoms with Crippen LogP contribution in [0.1, 0.15) is 159 Å². The lowest BCUT2D eigenvalue weighted by atomic mass is 9.70. The third-order valence-corrected chi connectivity index (χ3v) is 17.8. The van der Waals surface area contributed by atoms with Gasteiger partial charge in [0, 0.05) is 44.1 Å². The molecule has 5 heteroatoms. The Kier molecular flexibility index (Phi) is 14.6. The van der Waals surface area contributed by atoms with E-state index in [2.05, 4.69) is 203 Å². The van der Waals surface area contributed by atoms with E-state index >= 15 is 0 Å². The molecule has 0 aliphatic heterocycles. The second kappa shape index (κ2) is 20.7. The van der Waals surface area contributed by atoms with E-state index in [1.54, 1.807) is 31.4 Å². The van der Waals surface area contributed by atoms with Gasteiger partial charge in [-0.05, 0) is 147 Å². The monoisotopic (exact) mass is 1030 g/mol. The van der Waals surface area contributed by atoms with Crippen molar-refractivity contribution < 1.29 is 25.2 Å². The Morgan fingerprint density at radius 1 is 0.385 bits per heavy atom. The van der Waals surface area contributed by atoms with Crippen LogP contribution in [0.4, 0.5) is 0 Å². The van der Waals surface area contributed by atoms with Crippen LogP contribution in [0.25, 0.3) is 11.1 Å². The molecular weight excluding hydrogens is 957 g/mol. The molecule has 0 fully saturated rings. The summed E-state index contributed by atoms with van der Waals surface area (Å²) in [4.78, 5) is 0. The fraction of sp³-hybridized carbons (Fsp3) is 0.260. The summed E-state index contributed by atoms with van der Waals surface area (Å²) >= 11 is 0. The smallest absolute Gasteiger partial charge is 0.122 e. The molecule has 0 bridgehead atoms. The first-order valence-corrected chi connectivity index (χ1v) is 27.2. The third kappa shape index (κ3) is 9.85. The van der Waals surface area contributed by atoms with Gasteiger partial charge in [0.2, 0.25) is 0 Å². The topological polar surface area (TPSA) is 90.2 Å². The predicted octanol–water partition coefficient (Wildman–Crippen LogP) is 17.6. The van der Waals surface area contributed by atoms with Crippen LogP contribution < -0.4 is 4.74 Å². The van der Waals surface area contributed by atoms with Crippen molar-refractivity contribution in [3.63, 3.8) is 0 Å². The van der Waals surface area contributed by atoms with Gasteiger partial charge < -0.3 is 25.2 Å². The molecule has 0 heterocycles. The molecule has 78 heavy (non-hydrogen) atoms. The number of aromatic hydroxyl groups is 4. The molecule has 1 unspecified atom stereocenters. The Hall–Kier alpha value is -8.02. The van der Waals surface area contributed by atoms with Crippen LogP contribution in [0, 0.1) is 13.8 Å². The Morgan fingerprint density at radius 3 is 1.10 bits per heavy atom. The van der Waals surface area contributed by atoms with Crippen LogP contribution in [-0.2, 0) is 27.1 Å². The van der Waals surface area contributed by atoms with Crippen LogP contribution in [0.2, 0.25) is 0 Å². The zero-order valence-electron chi connectivity index (χ0n) is 47.7. The number of benzene rings is 9. The van der Waals surface area contributed by atoms with Crippen molar-refractivity contribution in [2.75, 3.05) is 7.11 Å². The van der Waals surface area contributed by atoms with Crippen LogP contribution in [0.15, 0.2) is 194 Å². The summed E-state index contributed by atoms with van der Waals surface area (Å²) in [6, 6.07) is 66.6. The van der Waals surface area contributed by atoms with Gasteiger partial charge in [-0.15, -0.1) is 0 Å². The van der Waals surface area contributed by atoms with Gasteiger partial charge in [0.15, 0.2) is 0 Å². The molecule has 4 N–H and O–H groups in total. The van der Waals surface area contributed by atoms with Crippen molar-refractivity contribution in [2.24, 2.45) is 0 Å². The number of hydrogen-bond donors (Lipinski definition) is 4. The second-order valence-electron chi connectivity index (χ2n) is 23.9. The second-order valence-corrected chi connectivity index (χ2v) is 23.9. The molecule has 1 aliphatic carbocycles. The van der Waals surface area contributed by atoms with Crippen LogP contribution in [0.5, 0.6) is 28.7 Å². The summed E-state index contributed by atoms with van der Waals surface area (Å²) in [6.07, 6.45) is 0. The summed E-state index contributed by atoms with van der Waals surface area (Å²) in [5.74, 6) is 2.14. The van der Waals surface area contributed by atoms with Crippen molar-refractivity contribution in [3.05, 3.63) is 278 Å². The van der Waals surface area contributed by atoms with Gasteiger partial charge in [0.1, 0.15) is 28.7 Å². The van der Waals surface area contributed by atoms with E-state index in [0.717, 1.165) is 44.7 Å². The van der Waals surface area contributed by atoms with E-state index in [1.165, 1.54) is 55.6 Å². The minimum absolute atomic E-state index is 0.0360. The third-order valence-electron chi connectivity index (χ3n) is 17.8. The average Bonchev–Trinajstić information content (AvgIpc) is 3.98.